The molecule has 1 aromatic heterocycles. The van der Waals surface area contributed by atoms with Gasteiger partial charge in [0.05, 0.1) is 5.69 Å². The van der Waals surface area contributed by atoms with Crippen molar-refractivity contribution in [3.63, 3.8) is 0 Å². The topological polar surface area (TPSA) is 57.4 Å². The molecule has 2 N–H and O–H groups in total. The summed E-state index contributed by atoms with van der Waals surface area (Å²) in [5, 5.41) is 0. The van der Waals surface area contributed by atoms with Crippen LogP contribution in [0.4, 0.5) is 0 Å². The third kappa shape index (κ3) is 5.08. The number of aromatic nitrogens is 1. The van der Waals surface area contributed by atoms with Gasteiger partial charge in [0.1, 0.15) is 24.7 Å². The second kappa shape index (κ2) is 7.64. The van der Waals surface area contributed by atoms with Crippen LogP contribution >= 0.6 is 0 Å². The van der Waals surface area contributed by atoms with Gasteiger partial charge in [0.2, 0.25) is 0 Å². The fourth-order valence-corrected chi connectivity index (χ4v) is 2.01. The molecule has 112 valence electrons. The fraction of sp³-hybridized carbons (Fsp3) is 0.353. The van der Waals surface area contributed by atoms with Crippen molar-refractivity contribution in [2.75, 3.05) is 13.2 Å². The van der Waals surface area contributed by atoms with E-state index in [9.17, 15) is 0 Å². The van der Waals surface area contributed by atoms with Crippen LogP contribution in [0.3, 0.4) is 0 Å². The summed E-state index contributed by atoms with van der Waals surface area (Å²) in [4.78, 5) is 4.50. The zero-order valence-electron chi connectivity index (χ0n) is 12.6. The molecule has 0 spiro atoms. The van der Waals surface area contributed by atoms with E-state index in [0.29, 0.717) is 19.6 Å². The largest absolute Gasteiger partial charge is 0.490 e. The number of hydrogen-bond donors (Lipinski definition) is 1. The molecule has 0 aliphatic rings. The first kappa shape index (κ1) is 15.3. The molecule has 0 aliphatic heterocycles. The summed E-state index contributed by atoms with van der Waals surface area (Å²) in [7, 11) is 0. The number of benzene rings is 1. The van der Waals surface area contributed by atoms with E-state index in [1.54, 1.807) is 0 Å². The molecule has 0 fully saturated rings. The summed E-state index contributed by atoms with van der Waals surface area (Å²) < 4.78 is 11.4. The van der Waals surface area contributed by atoms with Crippen LogP contribution < -0.4 is 15.2 Å². The lowest BCUT2D eigenvalue weighted by Crippen LogP contribution is -2.20. The van der Waals surface area contributed by atoms with E-state index >= 15 is 0 Å². The number of nitrogens with zero attached hydrogens (tertiary/aromatic N) is 1. The van der Waals surface area contributed by atoms with Crippen LogP contribution in [0, 0.1) is 6.92 Å². The first-order valence-corrected chi connectivity index (χ1v) is 7.18. The van der Waals surface area contributed by atoms with Crippen LogP contribution in [0.1, 0.15) is 18.3 Å². The molecular weight excluding hydrogens is 264 g/mol. The molecule has 1 unspecified atom stereocenters. The number of para-hydroxylation sites is 1. The summed E-state index contributed by atoms with van der Waals surface area (Å²) in [6.07, 6.45) is 0.705. The smallest absolute Gasteiger partial charge is 0.141 e. The van der Waals surface area contributed by atoms with Crippen LogP contribution in [-0.4, -0.2) is 24.2 Å². The van der Waals surface area contributed by atoms with Crippen molar-refractivity contribution >= 4 is 0 Å². The van der Waals surface area contributed by atoms with E-state index in [1.807, 2.05) is 56.3 Å². The predicted molar refractivity (Wildman–Crippen MR) is 83.8 cm³/mol. The quantitative estimate of drug-likeness (QED) is 0.795. The van der Waals surface area contributed by atoms with E-state index in [0.717, 1.165) is 22.9 Å². The molecule has 0 radical (unpaired) electrons. The van der Waals surface area contributed by atoms with Gasteiger partial charge in [-0.25, -0.2) is 0 Å². The average Bonchev–Trinajstić information content (AvgIpc) is 2.46. The fourth-order valence-electron chi connectivity index (χ4n) is 2.01. The highest BCUT2D eigenvalue weighted by molar-refractivity contribution is 5.30. The Morgan fingerprint density at radius 2 is 1.76 bits per heavy atom. The molecule has 4 heteroatoms. The van der Waals surface area contributed by atoms with Crippen molar-refractivity contribution in [1.29, 1.82) is 0 Å². The molecule has 1 heterocycles. The van der Waals surface area contributed by atoms with Gasteiger partial charge in [-0.15, -0.1) is 0 Å². The van der Waals surface area contributed by atoms with Crippen molar-refractivity contribution in [1.82, 2.24) is 4.98 Å². The Labute approximate surface area is 125 Å². The zero-order chi connectivity index (χ0) is 15.1. The average molecular weight is 286 g/mol. The standard InChI is InChI=1S/C17H22N2O2/c1-13(18)12-16-17(9-8-14(2)19-16)21-11-10-20-15-6-4-3-5-7-15/h3-9,13H,10-12,18H2,1-2H3. The van der Waals surface area contributed by atoms with Gasteiger partial charge in [-0.1, -0.05) is 18.2 Å². The molecule has 4 nitrogen and oxygen atoms in total. The lowest BCUT2D eigenvalue weighted by Gasteiger charge is -2.13. The third-order valence-electron chi connectivity index (χ3n) is 2.94. The number of rotatable bonds is 7. The van der Waals surface area contributed by atoms with Crippen molar-refractivity contribution in [2.45, 2.75) is 26.3 Å². The van der Waals surface area contributed by atoms with E-state index in [-0.39, 0.29) is 6.04 Å². The highest BCUT2D eigenvalue weighted by Crippen LogP contribution is 2.18. The second-order valence-corrected chi connectivity index (χ2v) is 5.09. The van der Waals surface area contributed by atoms with E-state index in [1.165, 1.54) is 0 Å². The van der Waals surface area contributed by atoms with Gasteiger partial charge in [0, 0.05) is 18.2 Å². The Kier molecular flexibility index (Phi) is 5.58. The van der Waals surface area contributed by atoms with Crippen molar-refractivity contribution in [2.24, 2.45) is 5.73 Å². The minimum Gasteiger partial charge on any atom is -0.490 e. The van der Waals surface area contributed by atoms with Gasteiger partial charge in [0.25, 0.3) is 0 Å². The van der Waals surface area contributed by atoms with E-state index in [2.05, 4.69) is 4.98 Å². The molecule has 1 atom stereocenters. The highest BCUT2D eigenvalue weighted by atomic mass is 16.5. The van der Waals surface area contributed by atoms with Crippen LogP contribution in [-0.2, 0) is 6.42 Å². The van der Waals surface area contributed by atoms with Crippen molar-refractivity contribution in [3.05, 3.63) is 53.9 Å². The third-order valence-corrected chi connectivity index (χ3v) is 2.94. The molecule has 2 aromatic rings. The highest BCUT2D eigenvalue weighted by Gasteiger charge is 2.08. The maximum atomic E-state index is 5.85. The molecule has 1 aromatic carbocycles. The molecule has 0 saturated carbocycles. The Balaban J connectivity index is 1.87. The number of aryl methyl sites for hydroxylation is 1. The Morgan fingerprint density at radius 3 is 2.48 bits per heavy atom. The Bertz CT molecular complexity index is 556. The summed E-state index contributed by atoms with van der Waals surface area (Å²) >= 11 is 0. The second-order valence-electron chi connectivity index (χ2n) is 5.09. The minimum absolute atomic E-state index is 0.0576. The van der Waals surface area contributed by atoms with E-state index in [4.69, 9.17) is 15.2 Å². The number of nitrogens with two attached hydrogens (primary N) is 1. The Morgan fingerprint density at radius 1 is 1.05 bits per heavy atom. The molecule has 0 bridgehead atoms. The molecule has 21 heavy (non-hydrogen) atoms. The van der Waals surface area contributed by atoms with Crippen LogP contribution in [0.15, 0.2) is 42.5 Å². The van der Waals surface area contributed by atoms with Crippen molar-refractivity contribution < 1.29 is 9.47 Å². The van der Waals surface area contributed by atoms with E-state index < -0.39 is 0 Å². The van der Waals surface area contributed by atoms with Gasteiger partial charge in [-0.05, 0) is 38.1 Å². The monoisotopic (exact) mass is 286 g/mol. The lowest BCUT2D eigenvalue weighted by molar-refractivity contribution is 0.215. The lowest BCUT2D eigenvalue weighted by atomic mass is 10.1. The number of ether oxygens (including phenoxy) is 2. The summed E-state index contributed by atoms with van der Waals surface area (Å²) in [6.45, 7) is 4.90. The van der Waals surface area contributed by atoms with Gasteiger partial charge < -0.3 is 15.2 Å². The van der Waals surface area contributed by atoms with Gasteiger partial charge >= 0.3 is 0 Å². The minimum atomic E-state index is 0.0576. The maximum Gasteiger partial charge on any atom is 0.141 e. The van der Waals surface area contributed by atoms with Gasteiger partial charge in [-0.2, -0.15) is 0 Å². The summed E-state index contributed by atoms with van der Waals surface area (Å²) in [5.41, 5.74) is 7.73. The maximum absolute atomic E-state index is 5.85. The first-order valence-electron chi connectivity index (χ1n) is 7.18. The molecule has 0 aliphatic carbocycles. The van der Waals surface area contributed by atoms with Crippen molar-refractivity contribution in [3.8, 4) is 11.5 Å². The number of pyridine rings is 1. The normalized spacial score (nSPS) is 12.0. The van der Waals surface area contributed by atoms with Crippen LogP contribution in [0.25, 0.3) is 0 Å². The first-order chi connectivity index (χ1) is 10.1. The number of hydrogen-bond acceptors (Lipinski definition) is 4. The molecule has 2 rings (SSSR count). The molecule has 0 saturated heterocycles. The Hall–Kier alpha value is -2.07. The van der Waals surface area contributed by atoms with Gasteiger partial charge in [0.15, 0.2) is 0 Å². The van der Waals surface area contributed by atoms with Crippen LogP contribution in [0.2, 0.25) is 0 Å². The zero-order valence-corrected chi connectivity index (χ0v) is 12.6. The summed E-state index contributed by atoms with van der Waals surface area (Å²) in [6, 6.07) is 13.6. The molecule has 0 amide bonds. The van der Waals surface area contributed by atoms with Crippen LogP contribution in [0.5, 0.6) is 11.5 Å². The SMILES string of the molecule is Cc1ccc(OCCOc2ccccc2)c(CC(C)N)n1. The molecular formula is C17H22N2O2. The summed E-state index contributed by atoms with van der Waals surface area (Å²) in [5.74, 6) is 1.63. The van der Waals surface area contributed by atoms with Gasteiger partial charge in [-0.3, -0.25) is 4.98 Å². The predicted octanol–water partition coefficient (Wildman–Crippen LogP) is 2.74.